The van der Waals surface area contributed by atoms with Crippen molar-refractivity contribution in [2.45, 2.75) is 32.3 Å². The molecular formula is C13H19NO. The van der Waals surface area contributed by atoms with Gasteiger partial charge in [0.05, 0.1) is 6.10 Å². The van der Waals surface area contributed by atoms with Crippen molar-refractivity contribution in [2.24, 2.45) is 0 Å². The second-order valence-electron chi connectivity index (χ2n) is 4.38. The Bertz CT molecular complexity index is 316. The quantitative estimate of drug-likeness (QED) is 0.817. The fourth-order valence-electron chi connectivity index (χ4n) is 2.27. The number of para-hydroxylation sites is 1. The highest BCUT2D eigenvalue weighted by atomic mass is 16.3. The number of rotatable bonds is 3. The third-order valence-corrected chi connectivity index (χ3v) is 2.95. The van der Waals surface area contributed by atoms with Gasteiger partial charge in [0.1, 0.15) is 0 Å². The van der Waals surface area contributed by atoms with Gasteiger partial charge < -0.3 is 10.0 Å². The average Bonchev–Trinajstić information content (AvgIpc) is 2.70. The van der Waals surface area contributed by atoms with Crippen LogP contribution in [0, 0.1) is 0 Å². The Hall–Kier alpha value is -1.02. The van der Waals surface area contributed by atoms with Gasteiger partial charge in [-0.3, -0.25) is 0 Å². The summed E-state index contributed by atoms with van der Waals surface area (Å²) >= 11 is 0. The molecule has 2 nitrogen and oxygen atoms in total. The molecule has 0 unspecified atom stereocenters. The third-order valence-electron chi connectivity index (χ3n) is 2.95. The van der Waals surface area contributed by atoms with Gasteiger partial charge in [-0.05, 0) is 31.4 Å². The third kappa shape index (κ3) is 2.51. The van der Waals surface area contributed by atoms with Crippen molar-refractivity contribution in [1.29, 1.82) is 0 Å². The van der Waals surface area contributed by atoms with Crippen molar-refractivity contribution in [2.75, 3.05) is 18.0 Å². The minimum atomic E-state index is -0.256. The van der Waals surface area contributed by atoms with Crippen LogP contribution in [0.15, 0.2) is 24.3 Å². The van der Waals surface area contributed by atoms with Crippen molar-refractivity contribution >= 4 is 5.69 Å². The van der Waals surface area contributed by atoms with Crippen LogP contribution in [0.3, 0.4) is 0 Å². The number of aliphatic hydroxyl groups excluding tert-OH is 1. The molecule has 1 aromatic rings. The van der Waals surface area contributed by atoms with Crippen molar-refractivity contribution in [3.63, 3.8) is 0 Å². The Balaban J connectivity index is 2.20. The molecule has 0 radical (unpaired) electrons. The average molecular weight is 205 g/mol. The highest BCUT2D eigenvalue weighted by molar-refractivity contribution is 5.54. The van der Waals surface area contributed by atoms with E-state index in [-0.39, 0.29) is 6.10 Å². The molecule has 1 heterocycles. The monoisotopic (exact) mass is 205 g/mol. The summed E-state index contributed by atoms with van der Waals surface area (Å²) < 4.78 is 0. The number of aliphatic hydroxyl groups is 1. The van der Waals surface area contributed by atoms with Gasteiger partial charge in [-0.1, -0.05) is 18.2 Å². The van der Waals surface area contributed by atoms with E-state index in [0.717, 1.165) is 19.5 Å². The van der Waals surface area contributed by atoms with Crippen LogP contribution in [0.5, 0.6) is 0 Å². The number of hydrogen-bond donors (Lipinski definition) is 1. The van der Waals surface area contributed by atoms with E-state index in [9.17, 15) is 5.11 Å². The zero-order valence-corrected chi connectivity index (χ0v) is 9.32. The summed E-state index contributed by atoms with van der Waals surface area (Å²) in [5, 5.41) is 9.45. The first-order valence-corrected chi connectivity index (χ1v) is 5.78. The van der Waals surface area contributed by atoms with Crippen molar-refractivity contribution in [1.82, 2.24) is 0 Å². The van der Waals surface area contributed by atoms with Crippen LogP contribution in [0.25, 0.3) is 0 Å². The van der Waals surface area contributed by atoms with Gasteiger partial charge in [0.2, 0.25) is 0 Å². The van der Waals surface area contributed by atoms with Crippen LogP contribution in [0.4, 0.5) is 5.69 Å². The predicted octanol–water partition coefficient (Wildman–Crippen LogP) is 2.21. The maximum atomic E-state index is 9.45. The van der Waals surface area contributed by atoms with E-state index in [1.807, 2.05) is 6.92 Å². The molecule has 0 bridgehead atoms. The first kappa shape index (κ1) is 10.5. The van der Waals surface area contributed by atoms with Gasteiger partial charge in [-0.15, -0.1) is 0 Å². The van der Waals surface area contributed by atoms with Crippen molar-refractivity contribution in [3.05, 3.63) is 29.8 Å². The fraction of sp³-hybridized carbons (Fsp3) is 0.538. The molecule has 0 aliphatic carbocycles. The van der Waals surface area contributed by atoms with Crippen LogP contribution in [-0.2, 0) is 6.42 Å². The summed E-state index contributed by atoms with van der Waals surface area (Å²) in [6.45, 7) is 4.18. The second kappa shape index (κ2) is 4.67. The summed E-state index contributed by atoms with van der Waals surface area (Å²) in [5.41, 5.74) is 2.59. The SMILES string of the molecule is C[C@H](O)Cc1ccccc1N1CCCC1. The Morgan fingerprint density at radius 2 is 1.93 bits per heavy atom. The van der Waals surface area contributed by atoms with Gasteiger partial charge in [0, 0.05) is 25.2 Å². The molecule has 1 aliphatic rings. The minimum absolute atomic E-state index is 0.256. The Morgan fingerprint density at radius 3 is 2.60 bits per heavy atom. The maximum absolute atomic E-state index is 9.45. The molecule has 2 heteroatoms. The van der Waals surface area contributed by atoms with Crippen LogP contribution < -0.4 is 4.90 Å². The summed E-state index contributed by atoms with van der Waals surface area (Å²) in [6.07, 6.45) is 3.09. The van der Waals surface area contributed by atoms with Crippen LogP contribution in [0.1, 0.15) is 25.3 Å². The van der Waals surface area contributed by atoms with Gasteiger partial charge in [-0.2, -0.15) is 0 Å². The minimum Gasteiger partial charge on any atom is -0.393 e. The topological polar surface area (TPSA) is 23.5 Å². The molecule has 1 fully saturated rings. The summed E-state index contributed by atoms with van der Waals surface area (Å²) in [7, 11) is 0. The van der Waals surface area contributed by atoms with Crippen molar-refractivity contribution in [3.8, 4) is 0 Å². The largest absolute Gasteiger partial charge is 0.393 e. The molecule has 0 spiro atoms. The standard InChI is InChI=1S/C13H19NO/c1-11(15)10-12-6-2-3-7-13(12)14-8-4-5-9-14/h2-3,6-7,11,15H,4-5,8-10H2,1H3/t11-/m0/s1. The van der Waals surface area contributed by atoms with E-state index in [0.29, 0.717) is 0 Å². The highest BCUT2D eigenvalue weighted by Gasteiger charge is 2.15. The molecule has 1 N–H and O–H groups in total. The lowest BCUT2D eigenvalue weighted by molar-refractivity contribution is 0.195. The van der Waals surface area contributed by atoms with Crippen molar-refractivity contribution < 1.29 is 5.11 Å². The zero-order chi connectivity index (χ0) is 10.7. The Kier molecular flexibility index (Phi) is 3.27. The lowest BCUT2D eigenvalue weighted by Crippen LogP contribution is -2.20. The lowest BCUT2D eigenvalue weighted by Gasteiger charge is -2.21. The normalized spacial score (nSPS) is 18.1. The molecular weight excluding hydrogens is 186 g/mol. The molecule has 0 amide bonds. The fourth-order valence-corrected chi connectivity index (χ4v) is 2.27. The zero-order valence-electron chi connectivity index (χ0n) is 9.32. The van der Waals surface area contributed by atoms with E-state index >= 15 is 0 Å². The molecule has 1 atom stereocenters. The summed E-state index contributed by atoms with van der Waals surface area (Å²) in [5.74, 6) is 0. The lowest BCUT2D eigenvalue weighted by atomic mass is 10.1. The number of nitrogens with zero attached hydrogens (tertiary/aromatic N) is 1. The smallest absolute Gasteiger partial charge is 0.0553 e. The van der Waals surface area contributed by atoms with Gasteiger partial charge in [0.15, 0.2) is 0 Å². The van der Waals surface area contributed by atoms with E-state index in [1.54, 1.807) is 0 Å². The predicted molar refractivity (Wildman–Crippen MR) is 63.3 cm³/mol. The Morgan fingerprint density at radius 1 is 1.27 bits per heavy atom. The van der Waals surface area contributed by atoms with E-state index < -0.39 is 0 Å². The van der Waals surface area contributed by atoms with Crippen LogP contribution in [-0.4, -0.2) is 24.3 Å². The van der Waals surface area contributed by atoms with Crippen LogP contribution >= 0.6 is 0 Å². The van der Waals surface area contributed by atoms with E-state index in [1.165, 1.54) is 24.1 Å². The molecule has 1 aromatic carbocycles. The van der Waals surface area contributed by atoms with E-state index in [4.69, 9.17) is 0 Å². The summed E-state index contributed by atoms with van der Waals surface area (Å²) in [6, 6.07) is 8.43. The Labute approximate surface area is 91.5 Å². The van der Waals surface area contributed by atoms with Gasteiger partial charge in [0.25, 0.3) is 0 Å². The molecule has 1 aliphatic heterocycles. The maximum Gasteiger partial charge on any atom is 0.0553 e. The van der Waals surface area contributed by atoms with Gasteiger partial charge >= 0.3 is 0 Å². The summed E-state index contributed by atoms with van der Waals surface area (Å²) in [4.78, 5) is 2.43. The molecule has 1 saturated heterocycles. The second-order valence-corrected chi connectivity index (χ2v) is 4.38. The first-order valence-electron chi connectivity index (χ1n) is 5.78. The highest BCUT2D eigenvalue weighted by Crippen LogP contribution is 2.25. The van der Waals surface area contributed by atoms with Crippen LogP contribution in [0.2, 0.25) is 0 Å². The molecule has 82 valence electrons. The van der Waals surface area contributed by atoms with Gasteiger partial charge in [-0.25, -0.2) is 0 Å². The number of anilines is 1. The number of benzene rings is 1. The first-order chi connectivity index (χ1) is 7.27. The van der Waals surface area contributed by atoms with E-state index in [2.05, 4.69) is 29.2 Å². The molecule has 2 rings (SSSR count). The molecule has 15 heavy (non-hydrogen) atoms. The molecule has 0 saturated carbocycles. The molecule has 0 aromatic heterocycles. The number of hydrogen-bond acceptors (Lipinski definition) is 2.